The van der Waals surface area contributed by atoms with Gasteiger partial charge in [-0.05, 0) is 49.5 Å². The van der Waals surface area contributed by atoms with Crippen LogP contribution in [-0.4, -0.2) is 0 Å². The van der Waals surface area contributed by atoms with Crippen LogP contribution >= 0.6 is 0 Å². The lowest BCUT2D eigenvalue weighted by molar-refractivity contribution is 0.261. The molecule has 0 spiro atoms. The van der Waals surface area contributed by atoms with Gasteiger partial charge in [0.15, 0.2) is 0 Å². The fourth-order valence-electron chi connectivity index (χ4n) is 2.64. The zero-order chi connectivity index (χ0) is 12.9. The van der Waals surface area contributed by atoms with Gasteiger partial charge in [0.25, 0.3) is 0 Å². The molecule has 0 atom stereocenters. The number of hydrogen-bond donors (Lipinski definition) is 0. The summed E-state index contributed by atoms with van der Waals surface area (Å²) in [6.45, 7) is 11.0. The number of aryl methyl sites for hydroxylation is 1. The summed E-state index contributed by atoms with van der Waals surface area (Å²) < 4.78 is 0. The third-order valence-electron chi connectivity index (χ3n) is 4.13. The van der Waals surface area contributed by atoms with Crippen molar-refractivity contribution < 1.29 is 0 Å². The summed E-state index contributed by atoms with van der Waals surface area (Å²) in [4.78, 5) is 0. The van der Waals surface area contributed by atoms with Gasteiger partial charge in [-0.1, -0.05) is 57.5 Å². The molecule has 0 heteroatoms. The van der Waals surface area contributed by atoms with Crippen molar-refractivity contribution in [1.82, 2.24) is 0 Å². The molecule has 1 aromatic carbocycles. The predicted octanol–water partition coefficient (Wildman–Crippen LogP) is 5.49. The van der Waals surface area contributed by atoms with Gasteiger partial charge in [-0.15, -0.1) is 0 Å². The van der Waals surface area contributed by atoms with E-state index in [1.807, 2.05) is 13.8 Å². The Morgan fingerprint density at radius 1 is 1.00 bits per heavy atom. The summed E-state index contributed by atoms with van der Waals surface area (Å²) in [6.07, 6.45) is 5.50. The summed E-state index contributed by atoms with van der Waals surface area (Å²) >= 11 is 0. The molecule has 0 heterocycles. The summed E-state index contributed by atoms with van der Waals surface area (Å²) in [5, 5.41) is 0. The average Bonchev–Trinajstić information content (AvgIpc) is 2.36. The van der Waals surface area contributed by atoms with E-state index < -0.39 is 0 Å². The van der Waals surface area contributed by atoms with Crippen LogP contribution in [0.1, 0.15) is 64.5 Å². The van der Waals surface area contributed by atoms with E-state index in [0.29, 0.717) is 5.41 Å². The Hall–Kier alpha value is -0.780. The van der Waals surface area contributed by atoms with Crippen molar-refractivity contribution in [2.75, 3.05) is 0 Å². The van der Waals surface area contributed by atoms with Gasteiger partial charge in [-0.2, -0.15) is 0 Å². The van der Waals surface area contributed by atoms with Crippen molar-refractivity contribution in [2.24, 2.45) is 5.92 Å². The molecule has 0 N–H and O–H groups in total. The molecular weight excluding hydrogens is 204 g/mol. The summed E-state index contributed by atoms with van der Waals surface area (Å²) in [5.41, 5.74) is 3.35. The Kier molecular flexibility index (Phi) is 5.24. The first kappa shape index (κ1) is 14.3. The van der Waals surface area contributed by atoms with Crippen LogP contribution < -0.4 is 0 Å². The standard InChI is InChI=1S/C15H22.C2H6/c1-12-4-6-14(7-5-12)15(3)10-8-13(2)9-11-15;1-2/h4-7,13H,8-11H2,1-3H3;1-2H3. The van der Waals surface area contributed by atoms with Crippen LogP contribution in [0.2, 0.25) is 0 Å². The highest BCUT2D eigenvalue weighted by Gasteiger charge is 2.30. The molecule has 1 saturated carbocycles. The van der Waals surface area contributed by atoms with Gasteiger partial charge in [0.05, 0.1) is 0 Å². The van der Waals surface area contributed by atoms with Gasteiger partial charge in [0.2, 0.25) is 0 Å². The number of benzene rings is 1. The minimum absolute atomic E-state index is 0.445. The first-order valence-electron chi connectivity index (χ1n) is 7.17. The third-order valence-corrected chi connectivity index (χ3v) is 4.13. The lowest BCUT2D eigenvalue weighted by Crippen LogP contribution is -2.27. The highest BCUT2D eigenvalue weighted by molar-refractivity contribution is 5.28. The molecule has 1 aliphatic carbocycles. The number of hydrogen-bond acceptors (Lipinski definition) is 0. The van der Waals surface area contributed by atoms with Crippen LogP contribution in [0, 0.1) is 12.8 Å². The van der Waals surface area contributed by atoms with E-state index in [1.165, 1.54) is 31.2 Å². The fourth-order valence-corrected chi connectivity index (χ4v) is 2.64. The minimum atomic E-state index is 0.445. The van der Waals surface area contributed by atoms with E-state index in [0.717, 1.165) is 5.92 Å². The van der Waals surface area contributed by atoms with Crippen LogP contribution in [0.15, 0.2) is 24.3 Å². The van der Waals surface area contributed by atoms with Crippen molar-refractivity contribution in [2.45, 2.75) is 65.7 Å². The Labute approximate surface area is 107 Å². The molecule has 1 aliphatic rings. The lowest BCUT2D eigenvalue weighted by Gasteiger charge is -2.37. The average molecular weight is 232 g/mol. The van der Waals surface area contributed by atoms with Crippen molar-refractivity contribution in [3.8, 4) is 0 Å². The normalized spacial score (nSPS) is 28.2. The summed E-state index contributed by atoms with van der Waals surface area (Å²) in [5.74, 6) is 0.934. The first-order chi connectivity index (χ1) is 8.10. The predicted molar refractivity (Wildman–Crippen MR) is 77.5 cm³/mol. The molecule has 0 radical (unpaired) electrons. The highest BCUT2D eigenvalue weighted by atomic mass is 14.3. The van der Waals surface area contributed by atoms with Crippen molar-refractivity contribution in [1.29, 1.82) is 0 Å². The second kappa shape index (κ2) is 6.23. The number of rotatable bonds is 1. The second-order valence-electron chi connectivity index (χ2n) is 5.61. The van der Waals surface area contributed by atoms with Crippen LogP contribution in [0.5, 0.6) is 0 Å². The van der Waals surface area contributed by atoms with Gasteiger partial charge >= 0.3 is 0 Å². The highest BCUT2D eigenvalue weighted by Crippen LogP contribution is 2.40. The molecule has 0 bridgehead atoms. The zero-order valence-corrected chi connectivity index (χ0v) is 12.2. The molecule has 96 valence electrons. The molecule has 1 fully saturated rings. The molecule has 17 heavy (non-hydrogen) atoms. The van der Waals surface area contributed by atoms with E-state index in [4.69, 9.17) is 0 Å². The van der Waals surface area contributed by atoms with Crippen LogP contribution in [-0.2, 0) is 5.41 Å². The van der Waals surface area contributed by atoms with E-state index in [9.17, 15) is 0 Å². The Morgan fingerprint density at radius 3 is 1.94 bits per heavy atom. The van der Waals surface area contributed by atoms with Crippen LogP contribution in [0.4, 0.5) is 0 Å². The smallest absolute Gasteiger partial charge is 0.00750 e. The molecule has 1 aromatic rings. The zero-order valence-electron chi connectivity index (χ0n) is 12.2. The maximum Gasteiger partial charge on any atom is -0.00750 e. The monoisotopic (exact) mass is 232 g/mol. The minimum Gasteiger partial charge on any atom is -0.0683 e. The molecular formula is C17H28. The molecule has 2 rings (SSSR count). The van der Waals surface area contributed by atoms with E-state index in [1.54, 1.807) is 5.56 Å². The maximum atomic E-state index is 2.43. The lowest BCUT2D eigenvalue weighted by atomic mass is 9.68. The topological polar surface area (TPSA) is 0 Å². The van der Waals surface area contributed by atoms with Gasteiger partial charge in [-0.3, -0.25) is 0 Å². The molecule has 0 aromatic heterocycles. The Bertz CT molecular complexity index is 312. The quantitative estimate of drug-likeness (QED) is 0.600. The van der Waals surface area contributed by atoms with Crippen molar-refractivity contribution >= 4 is 0 Å². The van der Waals surface area contributed by atoms with E-state index in [-0.39, 0.29) is 0 Å². The third kappa shape index (κ3) is 3.59. The molecule has 0 aliphatic heterocycles. The summed E-state index contributed by atoms with van der Waals surface area (Å²) in [6, 6.07) is 9.15. The first-order valence-corrected chi connectivity index (χ1v) is 7.17. The van der Waals surface area contributed by atoms with E-state index >= 15 is 0 Å². The maximum absolute atomic E-state index is 2.43. The molecule has 0 amide bonds. The summed E-state index contributed by atoms with van der Waals surface area (Å²) in [7, 11) is 0. The van der Waals surface area contributed by atoms with Crippen molar-refractivity contribution in [3.63, 3.8) is 0 Å². The van der Waals surface area contributed by atoms with Crippen LogP contribution in [0.3, 0.4) is 0 Å². The van der Waals surface area contributed by atoms with Gasteiger partial charge in [0, 0.05) is 0 Å². The van der Waals surface area contributed by atoms with Gasteiger partial charge in [-0.25, -0.2) is 0 Å². The molecule has 0 unspecified atom stereocenters. The fraction of sp³-hybridized carbons (Fsp3) is 0.647. The SMILES string of the molecule is CC.Cc1ccc(C2(C)CCC(C)CC2)cc1. The largest absolute Gasteiger partial charge is 0.0683 e. The van der Waals surface area contributed by atoms with E-state index in [2.05, 4.69) is 45.0 Å². The van der Waals surface area contributed by atoms with Gasteiger partial charge in [0.1, 0.15) is 0 Å². The second-order valence-corrected chi connectivity index (χ2v) is 5.61. The van der Waals surface area contributed by atoms with Crippen LogP contribution in [0.25, 0.3) is 0 Å². The van der Waals surface area contributed by atoms with Gasteiger partial charge < -0.3 is 0 Å². The van der Waals surface area contributed by atoms with Crippen molar-refractivity contribution in [3.05, 3.63) is 35.4 Å². The Balaban J connectivity index is 0.000000686. The molecule has 0 nitrogen and oxygen atoms in total. The Morgan fingerprint density at radius 2 is 1.47 bits per heavy atom. The molecule has 0 saturated heterocycles.